The fourth-order valence-electron chi connectivity index (χ4n) is 2.18. The second-order valence-electron chi connectivity index (χ2n) is 4.56. The van der Waals surface area contributed by atoms with Crippen molar-refractivity contribution in [2.24, 2.45) is 0 Å². The van der Waals surface area contributed by atoms with Crippen LogP contribution in [0.5, 0.6) is 5.75 Å². The molecule has 1 aromatic rings. The first-order valence-corrected chi connectivity index (χ1v) is 8.45. The average Bonchev–Trinajstić information content (AvgIpc) is 2.66. The maximum atomic E-state index is 11.4. The van der Waals surface area contributed by atoms with Crippen LogP contribution in [0.3, 0.4) is 0 Å². The fraction of sp³-hybridized carbons (Fsp3) is 0.500. The average molecular weight is 324 g/mol. The summed E-state index contributed by atoms with van der Waals surface area (Å²) >= 11 is 12.0. The molecule has 1 unspecified atom stereocenters. The first-order chi connectivity index (χ1) is 8.91. The van der Waals surface area contributed by atoms with Gasteiger partial charge in [-0.15, -0.1) is 0 Å². The standard InChI is InChI=1S/C12H15Cl2NO3S/c1-18-12-8(4-9(13)5-11(12)14)6-15-10-2-3-19(16,17)7-10/h4-5,10,15H,2-3,6-7H2,1H3. The third-order valence-electron chi connectivity index (χ3n) is 3.10. The number of ether oxygens (including phenoxy) is 1. The molecule has 0 amide bonds. The van der Waals surface area contributed by atoms with Crippen LogP contribution < -0.4 is 10.1 Å². The molecule has 1 atom stereocenters. The Morgan fingerprint density at radius 2 is 2.16 bits per heavy atom. The molecule has 1 saturated heterocycles. The Bertz CT molecular complexity index is 575. The maximum absolute atomic E-state index is 11.4. The van der Waals surface area contributed by atoms with Crippen LogP contribution in [-0.4, -0.2) is 33.1 Å². The second-order valence-corrected chi connectivity index (χ2v) is 7.63. The van der Waals surface area contributed by atoms with E-state index in [0.29, 0.717) is 28.8 Å². The summed E-state index contributed by atoms with van der Waals surface area (Å²) in [5.41, 5.74) is 0.823. The van der Waals surface area contributed by atoms with Gasteiger partial charge in [0.05, 0.1) is 23.6 Å². The van der Waals surface area contributed by atoms with Gasteiger partial charge in [0.15, 0.2) is 9.84 Å². The van der Waals surface area contributed by atoms with Gasteiger partial charge in [0.2, 0.25) is 0 Å². The first-order valence-electron chi connectivity index (χ1n) is 5.87. The largest absolute Gasteiger partial charge is 0.495 e. The molecule has 0 aromatic heterocycles. The molecule has 0 spiro atoms. The van der Waals surface area contributed by atoms with Gasteiger partial charge in [-0.1, -0.05) is 23.2 Å². The molecule has 106 valence electrons. The quantitative estimate of drug-likeness (QED) is 0.923. The van der Waals surface area contributed by atoms with Crippen molar-refractivity contribution >= 4 is 33.0 Å². The van der Waals surface area contributed by atoms with E-state index in [0.717, 1.165) is 5.56 Å². The van der Waals surface area contributed by atoms with Gasteiger partial charge < -0.3 is 10.1 Å². The summed E-state index contributed by atoms with van der Waals surface area (Å²) in [6.45, 7) is 0.476. The molecular formula is C12H15Cl2NO3S. The fourth-order valence-corrected chi connectivity index (χ4v) is 4.50. The summed E-state index contributed by atoms with van der Waals surface area (Å²) in [6, 6.07) is 3.36. The van der Waals surface area contributed by atoms with Crippen molar-refractivity contribution in [2.45, 2.75) is 19.0 Å². The van der Waals surface area contributed by atoms with Crippen molar-refractivity contribution in [1.29, 1.82) is 0 Å². The van der Waals surface area contributed by atoms with E-state index in [2.05, 4.69) is 5.32 Å². The number of benzene rings is 1. The molecule has 1 aromatic carbocycles. The highest BCUT2D eigenvalue weighted by atomic mass is 35.5. The Hall–Kier alpha value is -0.490. The molecule has 19 heavy (non-hydrogen) atoms. The summed E-state index contributed by atoms with van der Waals surface area (Å²) in [5, 5.41) is 4.19. The highest BCUT2D eigenvalue weighted by Crippen LogP contribution is 2.32. The summed E-state index contributed by atoms with van der Waals surface area (Å²) in [6.07, 6.45) is 0.638. The minimum atomic E-state index is -2.88. The number of hydrogen-bond acceptors (Lipinski definition) is 4. The van der Waals surface area contributed by atoms with Crippen molar-refractivity contribution in [2.75, 3.05) is 18.6 Å². The Kier molecular flexibility index (Phi) is 4.61. The smallest absolute Gasteiger partial charge is 0.151 e. The van der Waals surface area contributed by atoms with E-state index in [1.807, 2.05) is 0 Å². The van der Waals surface area contributed by atoms with Crippen molar-refractivity contribution in [3.63, 3.8) is 0 Å². The predicted octanol–water partition coefficient (Wildman–Crippen LogP) is 2.28. The van der Waals surface area contributed by atoms with Crippen molar-refractivity contribution < 1.29 is 13.2 Å². The summed E-state index contributed by atoms with van der Waals surface area (Å²) in [5.74, 6) is 1.00. The van der Waals surface area contributed by atoms with Crippen LogP contribution in [-0.2, 0) is 16.4 Å². The van der Waals surface area contributed by atoms with E-state index in [1.54, 1.807) is 19.2 Å². The van der Waals surface area contributed by atoms with E-state index in [9.17, 15) is 8.42 Å². The minimum Gasteiger partial charge on any atom is -0.495 e. The van der Waals surface area contributed by atoms with Crippen LogP contribution in [0.1, 0.15) is 12.0 Å². The van der Waals surface area contributed by atoms with Crippen molar-refractivity contribution in [3.05, 3.63) is 27.7 Å². The third kappa shape index (κ3) is 3.75. The van der Waals surface area contributed by atoms with Crippen LogP contribution in [0.15, 0.2) is 12.1 Å². The highest BCUT2D eigenvalue weighted by Gasteiger charge is 2.27. The molecule has 0 radical (unpaired) electrons. The molecule has 0 saturated carbocycles. The molecule has 1 aliphatic heterocycles. The molecular weight excluding hydrogens is 309 g/mol. The van der Waals surface area contributed by atoms with Gasteiger partial charge in [-0.2, -0.15) is 0 Å². The normalized spacial score (nSPS) is 21.5. The monoisotopic (exact) mass is 323 g/mol. The van der Waals surface area contributed by atoms with E-state index in [-0.39, 0.29) is 17.5 Å². The number of methoxy groups -OCH3 is 1. The van der Waals surface area contributed by atoms with E-state index in [4.69, 9.17) is 27.9 Å². The SMILES string of the molecule is COc1c(Cl)cc(Cl)cc1CNC1CCS(=O)(=O)C1. The van der Waals surface area contributed by atoms with E-state index in [1.165, 1.54) is 0 Å². The molecule has 4 nitrogen and oxygen atoms in total. The van der Waals surface area contributed by atoms with Gasteiger partial charge in [-0.05, 0) is 18.6 Å². The molecule has 1 N–H and O–H groups in total. The summed E-state index contributed by atoms with van der Waals surface area (Å²) in [7, 11) is -1.34. The molecule has 1 heterocycles. The molecule has 0 aliphatic carbocycles. The second kappa shape index (κ2) is 5.87. The van der Waals surface area contributed by atoms with E-state index >= 15 is 0 Å². The Morgan fingerprint density at radius 3 is 2.74 bits per heavy atom. The van der Waals surface area contributed by atoms with Gasteiger partial charge in [0.1, 0.15) is 5.75 Å². The van der Waals surface area contributed by atoms with E-state index < -0.39 is 9.84 Å². The summed E-state index contributed by atoms with van der Waals surface area (Å²) < 4.78 is 28.0. The van der Waals surface area contributed by atoms with Crippen LogP contribution in [0, 0.1) is 0 Å². The zero-order chi connectivity index (χ0) is 14.0. The topological polar surface area (TPSA) is 55.4 Å². The highest BCUT2D eigenvalue weighted by molar-refractivity contribution is 7.91. The van der Waals surface area contributed by atoms with Gasteiger partial charge in [-0.3, -0.25) is 0 Å². The predicted molar refractivity (Wildman–Crippen MR) is 76.9 cm³/mol. The lowest BCUT2D eigenvalue weighted by atomic mass is 10.1. The van der Waals surface area contributed by atoms with Crippen molar-refractivity contribution in [3.8, 4) is 5.75 Å². The Balaban J connectivity index is 2.07. The minimum absolute atomic E-state index is 0.0209. The van der Waals surface area contributed by atoms with Crippen LogP contribution in [0.4, 0.5) is 0 Å². The van der Waals surface area contributed by atoms with Gasteiger partial charge in [-0.25, -0.2) is 8.42 Å². The lowest BCUT2D eigenvalue weighted by molar-refractivity contribution is 0.406. The lowest BCUT2D eigenvalue weighted by Crippen LogP contribution is -2.29. The van der Waals surface area contributed by atoms with Crippen LogP contribution in [0.2, 0.25) is 10.0 Å². The van der Waals surface area contributed by atoms with Crippen molar-refractivity contribution in [1.82, 2.24) is 5.32 Å². The number of sulfone groups is 1. The Morgan fingerprint density at radius 1 is 1.42 bits per heavy atom. The zero-order valence-corrected chi connectivity index (χ0v) is 12.8. The maximum Gasteiger partial charge on any atom is 0.151 e. The van der Waals surface area contributed by atoms with Gasteiger partial charge >= 0.3 is 0 Å². The number of halogens is 2. The van der Waals surface area contributed by atoms with Gasteiger partial charge in [0, 0.05) is 23.2 Å². The van der Waals surface area contributed by atoms with Crippen LogP contribution in [0.25, 0.3) is 0 Å². The molecule has 0 bridgehead atoms. The summed E-state index contributed by atoms with van der Waals surface area (Å²) in [4.78, 5) is 0. The zero-order valence-electron chi connectivity index (χ0n) is 10.4. The number of rotatable bonds is 4. The number of nitrogens with one attached hydrogen (secondary N) is 1. The van der Waals surface area contributed by atoms with Crippen LogP contribution >= 0.6 is 23.2 Å². The first kappa shape index (κ1) is 14.9. The molecule has 7 heteroatoms. The lowest BCUT2D eigenvalue weighted by Gasteiger charge is -2.14. The molecule has 1 aliphatic rings. The number of hydrogen-bond donors (Lipinski definition) is 1. The molecule has 2 rings (SSSR count). The third-order valence-corrected chi connectivity index (χ3v) is 5.37. The molecule has 1 fully saturated rings. The van der Waals surface area contributed by atoms with Gasteiger partial charge in [0.25, 0.3) is 0 Å². The Labute approximate surface area is 123 Å².